The van der Waals surface area contributed by atoms with E-state index in [0.29, 0.717) is 25.6 Å². The number of hydrogen-bond acceptors (Lipinski definition) is 4. The van der Waals surface area contributed by atoms with Crippen LogP contribution in [0.3, 0.4) is 0 Å². The molecule has 1 aromatic rings. The number of piperidine rings is 2. The number of carbonyl (C=O) groups excluding carboxylic acids is 1. The van der Waals surface area contributed by atoms with E-state index in [-0.39, 0.29) is 17.6 Å². The van der Waals surface area contributed by atoms with Crippen molar-refractivity contribution in [1.29, 1.82) is 0 Å². The second kappa shape index (κ2) is 9.66. The smallest absolute Gasteiger partial charge is 0.224 e. The van der Waals surface area contributed by atoms with Gasteiger partial charge in [-0.05, 0) is 56.7 Å². The van der Waals surface area contributed by atoms with Crippen LogP contribution in [0.25, 0.3) is 0 Å². The molecule has 2 saturated heterocycles. The van der Waals surface area contributed by atoms with Crippen LogP contribution in [0.2, 0.25) is 0 Å². The lowest BCUT2D eigenvalue weighted by Crippen LogP contribution is -2.46. The van der Waals surface area contributed by atoms with Crippen molar-refractivity contribution in [2.24, 2.45) is 11.8 Å². The number of sulfonamides is 1. The minimum absolute atomic E-state index is 0.00150. The van der Waals surface area contributed by atoms with Crippen molar-refractivity contribution in [3.8, 4) is 0 Å². The number of hydrogen-bond donors (Lipinski definition) is 2. The van der Waals surface area contributed by atoms with Crippen LogP contribution in [0.1, 0.15) is 37.7 Å². The third-order valence-corrected chi connectivity index (χ3v) is 7.41. The SMILES string of the molecule is O=C(NCCC1CCCNC1)C1CCCN(S(=O)(=O)Cc2ccccc2)C1. The summed E-state index contributed by atoms with van der Waals surface area (Å²) in [5.41, 5.74) is 0.783. The Kier molecular flexibility index (Phi) is 7.26. The van der Waals surface area contributed by atoms with E-state index in [1.165, 1.54) is 17.1 Å². The van der Waals surface area contributed by atoms with Gasteiger partial charge in [-0.15, -0.1) is 0 Å². The molecule has 1 aromatic carbocycles. The molecule has 2 N–H and O–H groups in total. The molecule has 0 aliphatic carbocycles. The molecule has 2 aliphatic heterocycles. The minimum Gasteiger partial charge on any atom is -0.356 e. The van der Waals surface area contributed by atoms with Crippen LogP contribution >= 0.6 is 0 Å². The largest absolute Gasteiger partial charge is 0.356 e. The predicted molar refractivity (Wildman–Crippen MR) is 107 cm³/mol. The zero-order valence-corrected chi connectivity index (χ0v) is 16.7. The number of nitrogens with one attached hydrogen (secondary N) is 2. The Balaban J connectivity index is 1.48. The highest BCUT2D eigenvalue weighted by Gasteiger charge is 2.32. The van der Waals surface area contributed by atoms with Gasteiger partial charge < -0.3 is 10.6 Å². The van der Waals surface area contributed by atoms with Gasteiger partial charge in [0, 0.05) is 19.6 Å². The molecule has 0 aromatic heterocycles. The van der Waals surface area contributed by atoms with Gasteiger partial charge in [-0.2, -0.15) is 0 Å². The van der Waals surface area contributed by atoms with Crippen molar-refractivity contribution in [2.45, 2.75) is 37.9 Å². The summed E-state index contributed by atoms with van der Waals surface area (Å²) in [6.45, 7) is 3.61. The molecular weight excluding hydrogens is 362 g/mol. The van der Waals surface area contributed by atoms with Crippen LogP contribution < -0.4 is 10.6 Å². The summed E-state index contributed by atoms with van der Waals surface area (Å²) in [5, 5.41) is 6.43. The highest BCUT2D eigenvalue weighted by atomic mass is 32.2. The Morgan fingerprint density at radius 2 is 2.00 bits per heavy atom. The molecule has 6 nitrogen and oxygen atoms in total. The van der Waals surface area contributed by atoms with Crippen LogP contribution in [-0.4, -0.2) is 51.4 Å². The van der Waals surface area contributed by atoms with Gasteiger partial charge in [0.05, 0.1) is 11.7 Å². The first-order chi connectivity index (χ1) is 13.0. The van der Waals surface area contributed by atoms with Crippen LogP contribution in [0.5, 0.6) is 0 Å². The Morgan fingerprint density at radius 3 is 2.74 bits per heavy atom. The van der Waals surface area contributed by atoms with Crippen molar-refractivity contribution in [1.82, 2.24) is 14.9 Å². The zero-order valence-electron chi connectivity index (χ0n) is 15.9. The van der Waals surface area contributed by atoms with Gasteiger partial charge >= 0.3 is 0 Å². The third kappa shape index (κ3) is 6.02. The van der Waals surface area contributed by atoms with Gasteiger partial charge in [0.15, 0.2) is 0 Å². The summed E-state index contributed by atoms with van der Waals surface area (Å²) < 4.78 is 27.0. The molecule has 0 radical (unpaired) electrons. The van der Waals surface area contributed by atoms with E-state index in [0.717, 1.165) is 37.9 Å². The Labute approximate surface area is 162 Å². The zero-order chi connectivity index (χ0) is 19.1. The lowest BCUT2D eigenvalue weighted by Gasteiger charge is -2.31. The highest BCUT2D eigenvalue weighted by Crippen LogP contribution is 2.22. The van der Waals surface area contributed by atoms with E-state index < -0.39 is 10.0 Å². The van der Waals surface area contributed by atoms with Gasteiger partial charge in [-0.1, -0.05) is 30.3 Å². The standard InChI is InChI=1S/C20H31N3O3S/c24-20(22-12-10-17-8-4-11-21-14-17)19-9-5-13-23(15-19)27(25,26)16-18-6-2-1-3-7-18/h1-3,6-7,17,19,21H,4-5,8-16H2,(H,22,24). The van der Waals surface area contributed by atoms with Gasteiger partial charge in [0.1, 0.15) is 0 Å². The summed E-state index contributed by atoms with van der Waals surface area (Å²) >= 11 is 0. The maximum Gasteiger partial charge on any atom is 0.224 e. The predicted octanol–water partition coefficient (Wildman–Crippen LogP) is 1.73. The lowest BCUT2D eigenvalue weighted by molar-refractivity contribution is -0.126. The Morgan fingerprint density at radius 1 is 1.19 bits per heavy atom. The van der Waals surface area contributed by atoms with E-state index >= 15 is 0 Å². The summed E-state index contributed by atoms with van der Waals surface area (Å²) in [7, 11) is -3.40. The number of amides is 1. The van der Waals surface area contributed by atoms with Gasteiger partial charge in [0.25, 0.3) is 0 Å². The van der Waals surface area contributed by atoms with Gasteiger partial charge in [0.2, 0.25) is 15.9 Å². The molecule has 2 unspecified atom stereocenters. The average molecular weight is 394 g/mol. The first kappa shape index (κ1) is 20.3. The van der Waals surface area contributed by atoms with Gasteiger partial charge in [-0.3, -0.25) is 4.79 Å². The second-order valence-corrected chi connectivity index (χ2v) is 9.70. The van der Waals surface area contributed by atoms with E-state index in [4.69, 9.17) is 0 Å². The summed E-state index contributed by atoms with van der Waals surface area (Å²) in [6, 6.07) is 9.22. The number of rotatable bonds is 7. The third-order valence-electron chi connectivity index (χ3n) is 5.59. The molecule has 0 saturated carbocycles. The first-order valence-corrected chi connectivity index (χ1v) is 11.7. The Hall–Kier alpha value is -1.44. The number of carbonyl (C=O) groups is 1. The topological polar surface area (TPSA) is 78.5 Å². The van der Waals surface area contributed by atoms with E-state index in [1.54, 1.807) is 0 Å². The van der Waals surface area contributed by atoms with Crippen LogP contribution in [0, 0.1) is 11.8 Å². The van der Waals surface area contributed by atoms with E-state index in [1.807, 2.05) is 30.3 Å². The Bertz CT molecular complexity index is 702. The van der Waals surface area contributed by atoms with Crippen molar-refractivity contribution in [2.75, 3.05) is 32.7 Å². The minimum atomic E-state index is -3.40. The van der Waals surface area contributed by atoms with Crippen molar-refractivity contribution in [3.63, 3.8) is 0 Å². The average Bonchev–Trinajstić information content (AvgIpc) is 2.69. The maximum atomic E-state index is 12.7. The fourth-order valence-electron chi connectivity index (χ4n) is 4.00. The molecule has 2 aliphatic rings. The lowest BCUT2D eigenvalue weighted by atomic mass is 9.95. The highest BCUT2D eigenvalue weighted by molar-refractivity contribution is 7.88. The molecule has 27 heavy (non-hydrogen) atoms. The van der Waals surface area contributed by atoms with Crippen LogP contribution in [0.4, 0.5) is 0 Å². The normalized spacial score (nSPS) is 24.4. The summed E-state index contributed by atoms with van der Waals surface area (Å²) in [6.07, 6.45) is 4.90. The first-order valence-electron chi connectivity index (χ1n) is 10.0. The second-order valence-electron chi connectivity index (χ2n) is 7.73. The molecule has 7 heteroatoms. The summed E-state index contributed by atoms with van der Waals surface area (Å²) in [4.78, 5) is 12.5. The quantitative estimate of drug-likeness (QED) is 0.740. The fourth-order valence-corrected chi connectivity index (χ4v) is 5.61. The molecule has 150 valence electrons. The van der Waals surface area contributed by atoms with Gasteiger partial charge in [-0.25, -0.2) is 12.7 Å². The van der Waals surface area contributed by atoms with Crippen molar-refractivity contribution in [3.05, 3.63) is 35.9 Å². The molecule has 0 bridgehead atoms. The molecule has 2 fully saturated rings. The fraction of sp³-hybridized carbons (Fsp3) is 0.650. The maximum absolute atomic E-state index is 12.7. The molecule has 0 spiro atoms. The van der Waals surface area contributed by atoms with E-state index in [2.05, 4.69) is 10.6 Å². The van der Waals surface area contributed by atoms with Crippen LogP contribution in [0.15, 0.2) is 30.3 Å². The molecular formula is C20H31N3O3S. The monoisotopic (exact) mass is 393 g/mol. The molecule has 3 rings (SSSR count). The van der Waals surface area contributed by atoms with E-state index in [9.17, 15) is 13.2 Å². The molecule has 2 heterocycles. The van der Waals surface area contributed by atoms with Crippen LogP contribution in [-0.2, 0) is 20.6 Å². The molecule has 2 atom stereocenters. The van der Waals surface area contributed by atoms with Crippen molar-refractivity contribution < 1.29 is 13.2 Å². The van der Waals surface area contributed by atoms with Crippen molar-refractivity contribution >= 4 is 15.9 Å². The number of benzene rings is 1. The molecule has 1 amide bonds. The number of nitrogens with zero attached hydrogens (tertiary/aromatic N) is 1. The summed E-state index contributed by atoms with van der Waals surface area (Å²) in [5.74, 6) is 0.386.